The van der Waals surface area contributed by atoms with Crippen LogP contribution in [0, 0.1) is 0 Å². The van der Waals surface area contributed by atoms with Gasteiger partial charge in [0, 0.05) is 37.9 Å². The lowest BCUT2D eigenvalue weighted by Crippen LogP contribution is -2.36. The number of carbonyl (C=O) groups is 1. The van der Waals surface area contributed by atoms with Crippen molar-refractivity contribution in [2.24, 2.45) is 0 Å². The Morgan fingerprint density at radius 3 is 2.63 bits per heavy atom. The van der Waals surface area contributed by atoms with Gasteiger partial charge in [-0.2, -0.15) is 0 Å². The molecule has 0 bridgehead atoms. The maximum absolute atomic E-state index is 12.3. The van der Waals surface area contributed by atoms with Crippen LogP contribution in [0.15, 0.2) is 42.5 Å². The fourth-order valence-electron chi connectivity index (χ4n) is 3.21. The van der Waals surface area contributed by atoms with Crippen LogP contribution in [-0.4, -0.2) is 44.0 Å². The van der Waals surface area contributed by atoms with Crippen LogP contribution in [0.2, 0.25) is 0 Å². The molecule has 2 N–H and O–H groups in total. The topological polar surface area (TPSA) is 72.1 Å². The molecular formula is C20H23N3O4. The minimum absolute atomic E-state index is 0.213. The minimum atomic E-state index is -0.255. The molecule has 0 spiro atoms. The van der Waals surface area contributed by atoms with Gasteiger partial charge in [0.1, 0.15) is 0 Å². The van der Waals surface area contributed by atoms with Gasteiger partial charge in [-0.25, -0.2) is 4.79 Å². The summed E-state index contributed by atoms with van der Waals surface area (Å²) in [5.41, 5.74) is 3.01. The van der Waals surface area contributed by atoms with E-state index in [-0.39, 0.29) is 12.8 Å². The number of rotatable bonds is 5. The SMILES string of the molecule is O=C(NCc1ccccc1CN1CCOCC1)Nc1ccc2c(c1)OCO2. The van der Waals surface area contributed by atoms with Crippen molar-refractivity contribution in [3.05, 3.63) is 53.6 Å². The maximum atomic E-state index is 12.3. The molecule has 27 heavy (non-hydrogen) atoms. The van der Waals surface area contributed by atoms with E-state index in [4.69, 9.17) is 14.2 Å². The molecule has 2 aromatic rings. The predicted molar refractivity (Wildman–Crippen MR) is 101 cm³/mol. The molecule has 0 radical (unpaired) electrons. The lowest BCUT2D eigenvalue weighted by molar-refractivity contribution is 0.0341. The molecule has 142 valence electrons. The van der Waals surface area contributed by atoms with E-state index < -0.39 is 0 Å². The molecule has 0 unspecified atom stereocenters. The molecule has 7 heteroatoms. The highest BCUT2D eigenvalue weighted by molar-refractivity contribution is 5.89. The molecule has 2 aliphatic rings. The summed E-state index contributed by atoms with van der Waals surface area (Å²) in [7, 11) is 0. The van der Waals surface area contributed by atoms with E-state index in [9.17, 15) is 4.79 Å². The van der Waals surface area contributed by atoms with Crippen LogP contribution in [0.3, 0.4) is 0 Å². The number of morpholine rings is 1. The number of amides is 2. The number of carbonyl (C=O) groups excluding carboxylic acids is 1. The molecule has 2 aromatic carbocycles. The Morgan fingerprint density at radius 2 is 1.78 bits per heavy atom. The molecule has 1 fully saturated rings. The zero-order chi connectivity index (χ0) is 18.5. The van der Waals surface area contributed by atoms with Crippen molar-refractivity contribution in [1.82, 2.24) is 10.2 Å². The van der Waals surface area contributed by atoms with Gasteiger partial charge in [-0.15, -0.1) is 0 Å². The third kappa shape index (κ3) is 4.50. The summed E-state index contributed by atoms with van der Waals surface area (Å²) < 4.78 is 16.0. The smallest absolute Gasteiger partial charge is 0.319 e. The summed E-state index contributed by atoms with van der Waals surface area (Å²) in [6.07, 6.45) is 0. The summed E-state index contributed by atoms with van der Waals surface area (Å²) in [4.78, 5) is 14.6. The van der Waals surface area contributed by atoms with Gasteiger partial charge in [-0.1, -0.05) is 24.3 Å². The fraction of sp³-hybridized carbons (Fsp3) is 0.350. The normalized spacial score (nSPS) is 16.1. The molecular weight excluding hydrogens is 346 g/mol. The Kier molecular flexibility index (Phi) is 5.41. The van der Waals surface area contributed by atoms with E-state index in [1.165, 1.54) is 5.56 Å². The molecule has 7 nitrogen and oxygen atoms in total. The van der Waals surface area contributed by atoms with E-state index >= 15 is 0 Å². The largest absolute Gasteiger partial charge is 0.454 e. The third-order valence-corrected chi connectivity index (χ3v) is 4.69. The Bertz CT molecular complexity index is 806. The minimum Gasteiger partial charge on any atom is -0.454 e. The summed E-state index contributed by atoms with van der Waals surface area (Å²) in [5, 5.41) is 5.76. The summed E-state index contributed by atoms with van der Waals surface area (Å²) in [5.74, 6) is 1.33. The summed E-state index contributed by atoms with van der Waals surface area (Å²) in [6.45, 7) is 4.97. The molecule has 4 rings (SSSR count). The number of nitrogens with zero attached hydrogens (tertiary/aromatic N) is 1. The highest BCUT2D eigenvalue weighted by Gasteiger charge is 2.15. The lowest BCUT2D eigenvalue weighted by Gasteiger charge is -2.27. The van der Waals surface area contributed by atoms with Crippen molar-refractivity contribution in [2.45, 2.75) is 13.1 Å². The molecule has 2 amide bonds. The van der Waals surface area contributed by atoms with Gasteiger partial charge < -0.3 is 24.8 Å². The van der Waals surface area contributed by atoms with Crippen molar-refractivity contribution >= 4 is 11.7 Å². The first-order valence-electron chi connectivity index (χ1n) is 9.09. The average molecular weight is 369 g/mol. The van der Waals surface area contributed by atoms with E-state index in [2.05, 4.69) is 27.7 Å². The van der Waals surface area contributed by atoms with Gasteiger partial charge in [0.05, 0.1) is 13.2 Å². The molecule has 2 aliphatic heterocycles. The monoisotopic (exact) mass is 369 g/mol. The summed E-state index contributed by atoms with van der Waals surface area (Å²) in [6, 6.07) is 13.3. The van der Waals surface area contributed by atoms with E-state index in [0.717, 1.165) is 38.4 Å². The maximum Gasteiger partial charge on any atom is 0.319 e. The Labute approximate surface area is 158 Å². The number of ether oxygens (including phenoxy) is 3. The van der Waals surface area contributed by atoms with Gasteiger partial charge in [0.2, 0.25) is 6.79 Å². The molecule has 2 heterocycles. The van der Waals surface area contributed by atoms with Crippen LogP contribution < -0.4 is 20.1 Å². The van der Waals surface area contributed by atoms with Gasteiger partial charge in [-0.3, -0.25) is 4.90 Å². The van der Waals surface area contributed by atoms with Gasteiger partial charge >= 0.3 is 6.03 Å². The predicted octanol–water partition coefficient (Wildman–Crippen LogP) is 2.57. The van der Waals surface area contributed by atoms with Crippen LogP contribution in [0.25, 0.3) is 0 Å². The van der Waals surface area contributed by atoms with Crippen LogP contribution >= 0.6 is 0 Å². The van der Waals surface area contributed by atoms with Crippen molar-refractivity contribution in [3.8, 4) is 11.5 Å². The van der Waals surface area contributed by atoms with Crippen molar-refractivity contribution < 1.29 is 19.0 Å². The first kappa shape index (κ1) is 17.6. The van der Waals surface area contributed by atoms with Gasteiger partial charge in [0.15, 0.2) is 11.5 Å². The van der Waals surface area contributed by atoms with Crippen molar-refractivity contribution in [3.63, 3.8) is 0 Å². The number of benzene rings is 2. The molecule has 1 saturated heterocycles. The van der Waals surface area contributed by atoms with Crippen LogP contribution in [0.5, 0.6) is 11.5 Å². The van der Waals surface area contributed by atoms with Gasteiger partial charge in [-0.05, 0) is 23.3 Å². The molecule has 0 saturated carbocycles. The van der Waals surface area contributed by atoms with E-state index in [1.807, 2.05) is 12.1 Å². The highest BCUT2D eigenvalue weighted by atomic mass is 16.7. The molecule has 0 aromatic heterocycles. The average Bonchev–Trinajstić information content (AvgIpc) is 3.16. The van der Waals surface area contributed by atoms with Crippen LogP contribution in [0.4, 0.5) is 10.5 Å². The lowest BCUT2D eigenvalue weighted by atomic mass is 10.1. The Balaban J connectivity index is 1.33. The second-order valence-electron chi connectivity index (χ2n) is 6.53. The second-order valence-corrected chi connectivity index (χ2v) is 6.53. The zero-order valence-corrected chi connectivity index (χ0v) is 15.1. The number of hydrogen-bond donors (Lipinski definition) is 2. The van der Waals surface area contributed by atoms with Crippen molar-refractivity contribution in [1.29, 1.82) is 0 Å². The van der Waals surface area contributed by atoms with Gasteiger partial charge in [0.25, 0.3) is 0 Å². The zero-order valence-electron chi connectivity index (χ0n) is 15.1. The highest BCUT2D eigenvalue weighted by Crippen LogP contribution is 2.34. The number of hydrogen-bond acceptors (Lipinski definition) is 5. The number of fused-ring (bicyclic) bond motifs is 1. The second kappa shape index (κ2) is 8.28. The standard InChI is InChI=1S/C20H23N3O4/c24-20(22-17-5-6-18-19(11-17)27-14-26-18)21-12-15-3-1-2-4-16(15)13-23-7-9-25-10-8-23/h1-6,11H,7-10,12-14H2,(H2,21,22,24). The Morgan fingerprint density at radius 1 is 1.00 bits per heavy atom. The number of anilines is 1. The number of urea groups is 1. The fourth-order valence-corrected chi connectivity index (χ4v) is 3.21. The quantitative estimate of drug-likeness (QED) is 0.848. The summed E-state index contributed by atoms with van der Waals surface area (Å²) >= 11 is 0. The van der Waals surface area contributed by atoms with Crippen LogP contribution in [0.1, 0.15) is 11.1 Å². The van der Waals surface area contributed by atoms with Crippen molar-refractivity contribution in [2.75, 3.05) is 38.4 Å². The van der Waals surface area contributed by atoms with Crippen LogP contribution in [-0.2, 0) is 17.8 Å². The van der Waals surface area contributed by atoms with E-state index in [1.54, 1.807) is 18.2 Å². The first-order chi connectivity index (χ1) is 13.3. The third-order valence-electron chi connectivity index (χ3n) is 4.69. The molecule has 0 atom stereocenters. The number of nitrogens with one attached hydrogen (secondary N) is 2. The van der Waals surface area contributed by atoms with E-state index in [0.29, 0.717) is 23.7 Å². The Hall–Kier alpha value is -2.77. The first-order valence-corrected chi connectivity index (χ1v) is 9.09. The molecule has 0 aliphatic carbocycles.